The molecule has 0 saturated carbocycles. The SMILES string of the molecule is CC(C)=CCN1CCN(S(=O)(=O)c2cc(C(N)=O)n(C)c2)CC1. The standard InChI is InChI=1S/C15H24N4O3S/c1-12(2)4-5-18-6-8-19(9-7-18)23(21,22)13-10-14(15(16)20)17(3)11-13/h4,10-11H,5-9H2,1-3H3,(H2,16,20). The van der Waals surface area contributed by atoms with E-state index in [-0.39, 0.29) is 10.6 Å². The van der Waals surface area contributed by atoms with E-state index >= 15 is 0 Å². The van der Waals surface area contributed by atoms with Crippen LogP contribution in [0.1, 0.15) is 24.3 Å². The van der Waals surface area contributed by atoms with E-state index in [2.05, 4.69) is 11.0 Å². The molecule has 1 saturated heterocycles. The minimum absolute atomic E-state index is 0.117. The normalized spacial score (nSPS) is 17.2. The van der Waals surface area contributed by atoms with Crippen molar-refractivity contribution in [2.24, 2.45) is 12.8 Å². The number of allylic oxidation sites excluding steroid dienone is 1. The first-order valence-electron chi connectivity index (χ1n) is 7.54. The average Bonchev–Trinajstić information content (AvgIpc) is 2.88. The van der Waals surface area contributed by atoms with Crippen LogP contribution in [-0.2, 0) is 17.1 Å². The summed E-state index contributed by atoms with van der Waals surface area (Å²) in [5.74, 6) is -0.638. The van der Waals surface area contributed by atoms with Crippen LogP contribution in [0.25, 0.3) is 0 Å². The Morgan fingerprint density at radius 2 is 1.87 bits per heavy atom. The third kappa shape index (κ3) is 4.01. The Morgan fingerprint density at radius 1 is 1.26 bits per heavy atom. The number of aryl methyl sites for hydroxylation is 1. The van der Waals surface area contributed by atoms with Gasteiger partial charge < -0.3 is 10.3 Å². The highest BCUT2D eigenvalue weighted by atomic mass is 32.2. The van der Waals surface area contributed by atoms with Crippen molar-refractivity contribution in [3.63, 3.8) is 0 Å². The van der Waals surface area contributed by atoms with Crippen LogP contribution in [-0.4, -0.2) is 60.8 Å². The summed E-state index contributed by atoms with van der Waals surface area (Å²) in [6.07, 6.45) is 3.57. The van der Waals surface area contributed by atoms with Gasteiger partial charge in [-0.2, -0.15) is 4.31 Å². The Hall–Kier alpha value is -1.64. The van der Waals surface area contributed by atoms with Gasteiger partial charge in [0, 0.05) is 46.0 Å². The van der Waals surface area contributed by atoms with E-state index in [1.54, 1.807) is 7.05 Å². The van der Waals surface area contributed by atoms with Crippen molar-refractivity contribution < 1.29 is 13.2 Å². The molecular formula is C15H24N4O3S. The molecule has 2 heterocycles. The summed E-state index contributed by atoms with van der Waals surface area (Å²) in [4.78, 5) is 13.6. The second-order valence-electron chi connectivity index (χ2n) is 6.02. The number of aromatic nitrogens is 1. The Bertz CT molecular complexity index is 709. The van der Waals surface area contributed by atoms with Crippen LogP contribution in [0.5, 0.6) is 0 Å². The lowest BCUT2D eigenvalue weighted by Gasteiger charge is -2.33. The first-order valence-corrected chi connectivity index (χ1v) is 8.98. The summed E-state index contributed by atoms with van der Waals surface area (Å²) >= 11 is 0. The van der Waals surface area contributed by atoms with Crippen molar-refractivity contribution in [3.05, 3.63) is 29.6 Å². The van der Waals surface area contributed by atoms with Crippen molar-refractivity contribution in [2.75, 3.05) is 32.7 Å². The molecule has 8 heteroatoms. The van der Waals surface area contributed by atoms with Gasteiger partial charge in [0.1, 0.15) is 10.6 Å². The Morgan fingerprint density at radius 3 is 2.35 bits per heavy atom. The number of primary amides is 1. The summed E-state index contributed by atoms with van der Waals surface area (Å²) in [5.41, 5.74) is 6.68. The Labute approximate surface area is 137 Å². The van der Waals surface area contributed by atoms with E-state index in [1.165, 1.54) is 26.7 Å². The zero-order valence-electron chi connectivity index (χ0n) is 13.8. The number of hydrogen-bond donors (Lipinski definition) is 1. The van der Waals surface area contributed by atoms with Gasteiger partial charge >= 0.3 is 0 Å². The molecule has 1 fully saturated rings. The van der Waals surface area contributed by atoms with Crippen molar-refractivity contribution >= 4 is 15.9 Å². The summed E-state index contributed by atoms with van der Waals surface area (Å²) in [7, 11) is -1.98. The van der Waals surface area contributed by atoms with Crippen molar-refractivity contribution in [1.29, 1.82) is 0 Å². The molecular weight excluding hydrogens is 316 g/mol. The number of hydrogen-bond acceptors (Lipinski definition) is 4. The zero-order chi connectivity index (χ0) is 17.2. The van der Waals surface area contributed by atoms with Crippen molar-refractivity contribution in [1.82, 2.24) is 13.8 Å². The highest BCUT2D eigenvalue weighted by Gasteiger charge is 2.29. The molecule has 23 heavy (non-hydrogen) atoms. The molecule has 1 aromatic heterocycles. The fraction of sp³-hybridized carbons (Fsp3) is 0.533. The van der Waals surface area contributed by atoms with Crippen LogP contribution >= 0.6 is 0 Å². The molecule has 1 aliphatic heterocycles. The van der Waals surface area contributed by atoms with Crippen LogP contribution in [0.2, 0.25) is 0 Å². The van der Waals surface area contributed by atoms with E-state index in [0.717, 1.165) is 6.54 Å². The molecule has 1 aromatic rings. The van der Waals surface area contributed by atoms with E-state index in [1.807, 2.05) is 13.8 Å². The molecule has 7 nitrogen and oxygen atoms in total. The third-order valence-electron chi connectivity index (χ3n) is 3.96. The van der Waals surface area contributed by atoms with E-state index in [4.69, 9.17) is 5.73 Å². The largest absolute Gasteiger partial charge is 0.364 e. The molecule has 1 aliphatic rings. The summed E-state index contributed by atoms with van der Waals surface area (Å²) in [5, 5.41) is 0. The number of nitrogens with zero attached hydrogens (tertiary/aromatic N) is 3. The van der Waals surface area contributed by atoms with Gasteiger partial charge in [-0.25, -0.2) is 8.42 Å². The molecule has 0 spiro atoms. The molecule has 128 valence electrons. The maximum Gasteiger partial charge on any atom is 0.265 e. The van der Waals surface area contributed by atoms with E-state index < -0.39 is 15.9 Å². The zero-order valence-corrected chi connectivity index (χ0v) is 14.6. The average molecular weight is 340 g/mol. The minimum atomic E-state index is -3.59. The fourth-order valence-electron chi connectivity index (χ4n) is 2.53. The Kier molecular flexibility index (Phi) is 5.28. The molecule has 0 aromatic carbocycles. The topological polar surface area (TPSA) is 88.6 Å². The van der Waals surface area contributed by atoms with Crippen LogP contribution in [0.3, 0.4) is 0 Å². The van der Waals surface area contributed by atoms with Gasteiger partial charge in [0.15, 0.2) is 0 Å². The molecule has 1 amide bonds. The number of nitrogens with two attached hydrogens (primary N) is 1. The van der Waals surface area contributed by atoms with Crippen molar-refractivity contribution in [2.45, 2.75) is 18.7 Å². The first kappa shape index (κ1) is 17.7. The monoisotopic (exact) mass is 340 g/mol. The maximum atomic E-state index is 12.7. The highest BCUT2D eigenvalue weighted by molar-refractivity contribution is 7.89. The molecule has 0 aliphatic carbocycles. The Balaban J connectivity index is 2.09. The van der Waals surface area contributed by atoms with Gasteiger partial charge in [-0.15, -0.1) is 0 Å². The summed E-state index contributed by atoms with van der Waals surface area (Å²) in [6, 6.07) is 1.34. The lowest BCUT2D eigenvalue weighted by molar-refractivity contribution is 0.0992. The maximum absolute atomic E-state index is 12.7. The number of carbonyl (C=O) groups is 1. The van der Waals surface area contributed by atoms with Crippen LogP contribution in [0, 0.1) is 0 Å². The molecule has 0 unspecified atom stereocenters. The second kappa shape index (κ2) is 6.86. The number of rotatable bonds is 5. The smallest absolute Gasteiger partial charge is 0.265 e. The van der Waals surface area contributed by atoms with Gasteiger partial charge in [0.2, 0.25) is 10.0 Å². The van der Waals surface area contributed by atoms with Gasteiger partial charge in [-0.05, 0) is 19.9 Å². The van der Waals surface area contributed by atoms with Crippen LogP contribution < -0.4 is 5.73 Å². The van der Waals surface area contributed by atoms with E-state index in [9.17, 15) is 13.2 Å². The molecule has 2 N–H and O–H groups in total. The third-order valence-corrected chi connectivity index (χ3v) is 5.82. The number of sulfonamides is 1. The molecule has 2 rings (SSSR count). The number of amides is 1. The van der Waals surface area contributed by atoms with Crippen molar-refractivity contribution in [3.8, 4) is 0 Å². The molecule has 0 bridgehead atoms. The lowest BCUT2D eigenvalue weighted by Crippen LogP contribution is -2.48. The summed E-state index contributed by atoms with van der Waals surface area (Å²) in [6.45, 7) is 7.21. The quantitative estimate of drug-likeness (QED) is 0.786. The second-order valence-corrected chi connectivity index (χ2v) is 7.96. The fourth-order valence-corrected chi connectivity index (χ4v) is 4.03. The van der Waals surface area contributed by atoms with Gasteiger partial charge in [-0.3, -0.25) is 9.69 Å². The predicted molar refractivity (Wildman–Crippen MR) is 88.6 cm³/mol. The molecule has 0 atom stereocenters. The van der Waals surface area contributed by atoms with Crippen LogP contribution in [0.15, 0.2) is 28.8 Å². The molecule has 0 radical (unpaired) electrons. The highest BCUT2D eigenvalue weighted by Crippen LogP contribution is 2.20. The number of piperazine rings is 1. The number of carbonyl (C=O) groups excluding carboxylic acids is 1. The van der Waals surface area contributed by atoms with Gasteiger partial charge in [0.25, 0.3) is 5.91 Å². The summed E-state index contributed by atoms with van der Waals surface area (Å²) < 4.78 is 28.3. The van der Waals surface area contributed by atoms with Crippen LogP contribution in [0.4, 0.5) is 0 Å². The van der Waals surface area contributed by atoms with Gasteiger partial charge in [0.05, 0.1) is 0 Å². The van der Waals surface area contributed by atoms with Gasteiger partial charge in [-0.1, -0.05) is 11.6 Å². The lowest BCUT2D eigenvalue weighted by atomic mass is 10.3. The first-order chi connectivity index (χ1) is 10.7. The minimum Gasteiger partial charge on any atom is -0.364 e. The predicted octanol–water partition coefficient (Wildman–Crippen LogP) is 0.397. The van der Waals surface area contributed by atoms with E-state index in [0.29, 0.717) is 26.2 Å².